The molecule has 0 saturated carbocycles. The Morgan fingerprint density at radius 3 is 2.60 bits per heavy atom. The van der Waals surface area contributed by atoms with Crippen LogP contribution in [-0.4, -0.2) is 27.6 Å². The zero-order valence-corrected chi connectivity index (χ0v) is 12.9. The molecule has 0 N–H and O–H groups in total. The lowest BCUT2D eigenvalue weighted by Crippen LogP contribution is -2.30. The molecule has 0 aromatic carbocycles. The minimum absolute atomic E-state index is 0.0404. The van der Waals surface area contributed by atoms with Gasteiger partial charge in [0.2, 0.25) is 5.91 Å². The first-order valence-corrected chi connectivity index (χ1v) is 6.75. The van der Waals surface area contributed by atoms with Gasteiger partial charge in [-0.2, -0.15) is 5.10 Å². The van der Waals surface area contributed by atoms with Crippen LogP contribution in [-0.2, 0) is 17.9 Å². The van der Waals surface area contributed by atoms with Crippen LogP contribution in [0.1, 0.15) is 22.9 Å². The molecule has 2 heterocycles. The Hall–Kier alpha value is -1.75. The van der Waals surface area contributed by atoms with Crippen LogP contribution in [0, 0.1) is 20.8 Å². The minimum Gasteiger partial charge on any atom is -0.464 e. The van der Waals surface area contributed by atoms with Gasteiger partial charge in [-0.05, 0) is 32.9 Å². The molecule has 6 heteroatoms. The van der Waals surface area contributed by atoms with E-state index in [1.165, 1.54) is 0 Å². The topological polar surface area (TPSA) is 51.3 Å². The molecule has 2 rings (SSSR count). The molecule has 0 radical (unpaired) electrons. The Balaban J connectivity index is 2.02. The maximum absolute atomic E-state index is 12.2. The summed E-state index contributed by atoms with van der Waals surface area (Å²) in [5, 5.41) is 4.87. The van der Waals surface area contributed by atoms with Crippen LogP contribution in [0.4, 0.5) is 0 Å². The summed E-state index contributed by atoms with van der Waals surface area (Å²) in [6, 6.07) is 3.76. The average Bonchev–Trinajstić information content (AvgIpc) is 2.89. The minimum atomic E-state index is -0.0404. The zero-order chi connectivity index (χ0) is 14.9. The molecule has 2 aromatic heterocycles. The molecule has 0 bridgehead atoms. The van der Waals surface area contributed by atoms with Gasteiger partial charge >= 0.3 is 0 Å². The van der Waals surface area contributed by atoms with Gasteiger partial charge in [0.1, 0.15) is 18.1 Å². The highest BCUT2D eigenvalue weighted by Crippen LogP contribution is 2.19. The highest BCUT2D eigenvalue weighted by molar-refractivity contribution is 6.31. The van der Waals surface area contributed by atoms with Crippen molar-refractivity contribution in [2.45, 2.75) is 33.9 Å². The van der Waals surface area contributed by atoms with E-state index < -0.39 is 0 Å². The molecule has 20 heavy (non-hydrogen) atoms. The summed E-state index contributed by atoms with van der Waals surface area (Å²) in [7, 11) is 1.74. The van der Waals surface area contributed by atoms with E-state index in [1.54, 1.807) is 16.6 Å². The molecule has 0 atom stereocenters. The van der Waals surface area contributed by atoms with E-state index in [-0.39, 0.29) is 12.5 Å². The molecule has 108 valence electrons. The number of rotatable bonds is 4. The number of aromatic nitrogens is 2. The van der Waals surface area contributed by atoms with Gasteiger partial charge in [-0.1, -0.05) is 11.6 Å². The van der Waals surface area contributed by atoms with Crippen molar-refractivity contribution in [2.24, 2.45) is 0 Å². The van der Waals surface area contributed by atoms with Gasteiger partial charge in [-0.3, -0.25) is 9.48 Å². The highest BCUT2D eigenvalue weighted by atomic mass is 35.5. The number of hydrogen-bond donors (Lipinski definition) is 0. The van der Waals surface area contributed by atoms with Gasteiger partial charge in [0.15, 0.2) is 0 Å². The number of furan rings is 1. The molecule has 0 aliphatic rings. The van der Waals surface area contributed by atoms with E-state index in [0.29, 0.717) is 11.6 Å². The molecular formula is C14H18ClN3O2. The monoisotopic (exact) mass is 295 g/mol. The molecule has 0 saturated heterocycles. The number of hydrogen-bond acceptors (Lipinski definition) is 3. The van der Waals surface area contributed by atoms with Crippen LogP contribution in [0.25, 0.3) is 0 Å². The molecule has 0 fully saturated rings. The van der Waals surface area contributed by atoms with Crippen molar-refractivity contribution in [3.8, 4) is 0 Å². The predicted octanol–water partition coefficient (Wildman–Crippen LogP) is 2.71. The van der Waals surface area contributed by atoms with Gasteiger partial charge in [0.05, 0.1) is 23.0 Å². The van der Waals surface area contributed by atoms with E-state index in [9.17, 15) is 4.79 Å². The van der Waals surface area contributed by atoms with Crippen molar-refractivity contribution in [3.63, 3.8) is 0 Å². The number of likely N-dealkylation sites (N-methyl/N-ethyl adjacent to an activating group) is 1. The first kappa shape index (κ1) is 14.7. The average molecular weight is 296 g/mol. The van der Waals surface area contributed by atoms with Crippen LogP contribution in [0.3, 0.4) is 0 Å². The van der Waals surface area contributed by atoms with Gasteiger partial charge < -0.3 is 9.32 Å². The fourth-order valence-electron chi connectivity index (χ4n) is 1.97. The van der Waals surface area contributed by atoms with Crippen LogP contribution in [0.15, 0.2) is 16.5 Å². The summed E-state index contributed by atoms with van der Waals surface area (Å²) in [4.78, 5) is 13.8. The van der Waals surface area contributed by atoms with Crippen molar-refractivity contribution >= 4 is 17.5 Å². The standard InChI is InChI=1S/C14H18ClN3O2/c1-9-5-6-12(20-9)7-17(4)13(19)8-18-11(3)14(15)10(2)16-18/h5-6H,7-8H2,1-4H3. The van der Waals surface area contributed by atoms with Gasteiger partial charge in [0, 0.05) is 7.05 Å². The Kier molecular flexibility index (Phi) is 4.18. The second-order valence-electron chi connectivity index (χ2n) is 4.90. The van der Waals surface area contributed by atoms with E-state index >= 15 is 0 Å². The van der Waals surface area contributed by atoms with Crippen molar-refractivity contribution in [3.05, 3.63) is 40.1 Å². The summed E-state index contributed by atoms with van der Waals surface area (Å²) < 4.78 is 7.09. The van der Waals surface area contributed by atoms with E-state index in [1.807, 2.05) is 32.9 Å². The van der Waals surface area contributed by atoms with Crippen molar-refractivity contribution < 1.29 is 9.21 Å². The summed E-state index contributed by atoms with van der Waals surface area (Å²) in [5.74, 6) is 1.57. The van der Waals surface area contributed by atoms with Crippen LogP contribution >= 0.6 is 11.6 Å². The van der Waals surface area contributed by atoms with Gasteiger partial charge in [0.25, 0.3) is 0 Å². The summed E-state index contributed by atoms with van der Waals surface area (Å²) >= 11 is 6.07. The van der Waals surface area contributed by atoms with Gasteiger partial charge in [-0.15, -0.1) is 0 Å². The molecule has 0 aliphatic carbocycles. The number of aryl methyl sites for hydroxylation is 2. The lowest BCUT2D eigenvalue weighted by atomic mass is 10.4. The third kappa shape index (κ3) is 3.04. The maximum Gasteiger partial charge on any atom is 0.244 e. The number of halogens is 1. The first-order chi connectivity index (χ1) is 9.38. The Labute approximate surface area is 123 Å². The van der Waals surface area contributed by atoms with Crippen molar-refractivity contribution in [1.29, 1.82) is 0 Å². The molecule has 5 nitrogen and oxygen atoms in total. The summed E-state index contributed by atoms with van der Waals surface area (Å²) in [6.07, 6.45) is 0. The fourth-order valence-corrected chi connectivity index (χ4v) is 2.11. The Morgan fingerprint density at radius 2 is 2.10 bits per heavy atom. The number of carbonyl (C=O) groups is 1. The van der Waals surface area contributed by atoms with Crippen LogP contribution in [0.2, 0.25) is 5.02 Å². The van der Waals surface area contributed by atoms with Crippen LogP contribution in [0.5, 0.6) is 0 Å². The van der Waals surface area contributed by atoms with Crippen molar-refractivity contribution in [2.75, 3.05) is 7.05 Å². The molecule has 0 spiro atoms. The maximum atomic E-state index is 12.2. The van der Waals surface area contributed by atoms with Gasteiger partial charge in [-0.25, -0.2) is 0 Å². The quantitative estimate of drug-likeness (QED) is 0.871. The van der Waals surface area contributed by atoms with Crippen molar-refractivity contribution in [1.82, 2.24) is 14.7 Å². The highest BCUT2D eigenvalue weighted by Gasteiger charge is 2.16. The van der Waals surface area contributed by atoms with Crippen LogP contribution < -0.4 is 0 Å². The Morgan fingerprint density at radius 1 is 1.40 bits per heavy atom. The number of carbonyl (C=O) groups excluding carboxylic acids is 1. The van der Waals surface area contributed by atoms with E-state index in [4.69, 9.17) is 16.0 Å². The number of nitrogens with zero attached hydrogens (tertiary/aromatic N) is 3. The third-order valence-corrected chi connectivity index (χ3v) is 3.74. The van der Waals surface area contributed by atoms with E-state index in [2.05, 4.69) is 5.10 Å². The summed E-state index contributed by atoms with van der Waals surface area (Å²) in [6.45, 7) is 6.18. The second kappa shape index (κ2) is 5.71. The lowest BCUT2D eigenvalue weighted by molar-refractivity contribution is -0.131. The normalized spacial score (nSPS) is 10.8. The molecule has 1 amide bonds. The predicted molar refractivity (Wildman–Crippen MR) is 76.6 cm³/mol. The zero-order valence-electron chi connectivity index (χ0n) is 12.1. The molecule has 0 aliphatic heterocycles. The molecular weight excluding hydrogens is 278 g/mol. The third-order valence-electron chi connectivity index (χ3n) is 3.19. The first-order valence-electron chi connectivity index (χ1n) is 6.37. The smallest absolute Gasteiger partial charge is 0.244 e. The Bertz CT molecular complexity index is 630. The molecule has 2 aromatic rings. The van der Waals surface area contributed by atoms with E-state index in [0.717, 1.165) is 22.9 Å². The summed E-state index contributed by atoms with van der Waals surface area (Å²) in [5.41, 5.74) is 1.54. The second-order valence-corrected chi connectivity index (χ2v) is 5.28. The number of amides is 1. The largest absolute Gasteiger partial charge is 0.464 e. The SMILES string of the molecule is Cc1ccc(CN(C)C(=O)Cn2nc(C)c(Cl)c2C)o1. The fraction of sp³-hybridized carbons (Fsp3) is 0.429. The lowest BCUT2D eigenvalue weighted by Gasteiger charge is -2.16. The molecule has 0 unspecified atom stereocenters.